The van der Waals surface area contributed by atoms with Crippen LogP contribution in [0.25, 0.3) is 95.7 Å². The zero-order valence-electron chi connectivity index (χ0n) is 79.4. The Morgan fingerprint density at radius 1 is 0.421 bits per heavy atom. The van der Waals surface area contributed by atoms with Crippen LogP contribution in [0.2, 0.25) is 0 Å². The van der Waals surface area contributed by atoms with E-state index in [4.69, 9.17) is 74.5 Å². The van der Waals surface area contributed by atoms with Gasteiger partial charge < -0.3 is 85.4 Å². The Hall–Kier alpha value is -17.6. The molecule has 0 spiro atoms. The zero-order valence-corrected chi connectivity index (χ0v) is 82.7. The summed E-state index contributed by atoms with van der Waals surface area (Å²) in [5.41, 5.74) is 32.4. The Morgan fingerprint density at radius 3 is 1.17 bits per heavy atom. The summed E-state index contributed by atoms with van der Waals surface area (Å²) in [6.07, 6.45) is 10.9. The van der Waals surface area contributed by atoms with Gasteiger partial charge in [-0.3, -0.25) is 19.8 Å². The number of esters is 1. The number of aliphatic imine (C=N–C) groups is 3. The number of nitrogens with one attached hydrogen (secondary N) is 3. The van der Waals surface area contributed by atoms with Crippen LogP contribution < -0.4 is 62.1 Å². The number of nitrogens with zero attached hydrogens (tertiary/aromatic N) is 17. The second kappa shape index (κ2) is 45.8. The van der Waals surface area contributed by atoms with Gasteiger partial charge in [-0.1, -0.05) is 115 Å². The molecule has 19 rings (SSSR count). The number of anilines is 6. The molecule has 0 atom stereocenters. The van der Waals surface area contributed by atoms with Gasteiger partial charge in [0.2, 0.25) is 52.8 Å². The summed E-state index contributed by atoms with van der Waals surface area (Å²) in [5, 5.41) is 12.3. The molecular formula is C106H95N23O12S4. The van der Waals surface area contributed by atoms with Crippen LogP contribution >= 0.6 is 45.3 Å². The molecule has 11 heterocycles. The molecule has 730 valence electrons. The maximum atomic E-state index is 12.4. The first kappa shape index (κ1) is 99.0. The zero-order chi connectivity index (χ0) is 101. The molecule has 8 aromatic carbocycles. The van der Waals surface area contributed by atoms with Crippen molar-refractivity contribution in [3.63, 3.8) is 0 Å². The standard InChI is InChI=1S/C36H30N8O4S.C36H30N8O3S2.C34H35N7O5S/c1-38-29(33-41-27-5-3-4-6-30(27)48-33)19-26-17-24-11-12-25(18-31(24)49-26)44(2)15-16-46-36(45)40-20-22-7-9-23(10-8-22)21-47-34-32-28(13-14-39-32)42-35(37)43-34;1-38-29(34-41-27-5-3-4-6-30(27)49-34)19-26-17-24-11-12-25(18-31(24)48-26)44(2)15-16-46-36(45)40-20-22-7-9-23(10-8-22)21-47-33-32-28(13-14-39-32)42-35(37)43-33;1-34(2,3)46-31(42)27(36-4)18-25-16-23-10-11-24(17-28(23)47-25)41(5)14-15-44-33(43)38-19-21-6-8-22(9-7-21)20-45-30-29-26(12-13-37-29)39-32(35)40-30/h2*3-12,14,17-19H,13,15-16,20-21H2,2H3,(H,40,45)(H2,37,42,43);6-11,13,16-18H,12,14-15,19-20H2,1-3,5H3,(H,38,43)(H2,35,39,40)/b2*29-19-;27-18-. The van der Waals surface area contributed by atoms with E-state index in [-0.39, 0.29) is 50.0 Å². The summed E-state index contributed by atoms with van der Waals surface area (Å²) in [7, 11) is 5.83. The highest BCUT2D eigenvalue weighted by Gasteiger charge is 2.26. The highest BCUT2D eigenvalue weighted by molar-refractivity contribution is 7.21. The Morgan fingerprint density at radius 2 is 0.793 bits per heavy atom. The van der Waals surface area contributed by atoms with Crippen molar-refractivity contribution in [3.8, 4) is 17.6 Å². The third-order valence-corrected chi connectivity index (χ3v) is 26.7. The van der Waals surface area contributed by atoms with Crippen molar-refractivity contribution in [2.45, 2.75) is 85.1 Å². The van der Waals surface area contributed by atoms with Crippen molar-refractivity contribution in [1.82, 2.24) is 55.8 Å². The number of carbonyl (C=O) groups excluding carboxylic acids is 4. The molecule has 0 bridgehead atoms. The van der Waals surface area contributed by atoms with Gasteiger partial charge in [-0.25, -0.2) is 53.8 Å². The van der Waals surface area contributed by atoms with Gasteiger partial charge in [0.25, 0.3) is 5.70 Å². The number of thiazole rings is 1. The Balaban J connectivity index is 0.000000149. The fraction of sp³-hybridized carbons (Fsp3) is 0.208. The number of amides is 3. The van der Waals surface area contributed by atoms with Crippen molar-refractivity contribution in [1.29, 1.82) is 0 Å². The van der Waals surface area contributed by atoms with Gasteiger partial charge in [0.05, 0.1) is 66.6 Å². The average Bonchev–Trinajstić information content (AvgIpc) is 1.66. The average molecular weight is 2010 g/mol. The molecule has 0 aliphatic carbocycles. The monoisotopic (exact) mass is 2010 g/mol. The third-order valence-electron chi connectivity index (χ3n) is 22.5. The van der Waals surface area contributed by atoms with E-state index in [2.05, 4.69) is 110 Å². The summed E-state index contributed by atoms with van der Waals surface area (Å²) in [6, 6.07) is 62.9. The van der Waals surface area contributed by atoms with E-state index in [1.807, 2.05) is 212 Å². The van der Waals surface area contributed by atoms with Crippen molar-refractivity contribution >= 4 is 221 Å². The van der Waals surface area contributed by atoms with E-state index in [9.17, 15) is 19.2 Å². The number of benzene rings is 8. The fourth-order valence-electron chi connectivity index (χ4n) is 15.0. The minimum absolute atomic E-state index is 0.0645. The summed E-state index contributed by atoms with van der Waals surface area (Å²) < 4.78 is 49.2. The molecule has 39 heteroatoms. The molecule has 8 aromatic heterocycles. The molecule has 3 aliphatic rings. The first-order chi connectivity index (χ1) is 70.3. The molecular weight excluding hydrogens is 1920 g/mol. The van der Waals surface area contributed by atoms with Gasteiger partial charge in [0.1, 0.15) is 72.8 Å². The third kappa shape index (κ3) is 26.0. The number of aromatic nitrogens is 8. The fourth-order valence-corrected chi connectivity index (χ4v) is 19.1. The number of nitrogen functional groups attached to an aromatic ring is 3. The predicted octanol–water partition coefficient (Wildman–Crippen LogP) is 20.6. The van der Waals surface area contributed by atoms with E-state index >= 15 is 0 Å². The minimum atomic E-state index is -0.679. The number of hydrogen-bond acceptors (Lipinski definition) is 33. The lowest BCUT2D eigenvalue weighted by molar-refractivity contribution is -0.149. The molecule has 0 fully saturated rings. The van der Waals surface area contributed by atoms with E-state index < -0.39 is 29.9 Å². The van der Waals surface area contributed by atoms with Gasteiger partial charge in [-0.15, -0.1) is 45.3 Å². The van der Waals surface area contributed by atoms with E-state index in [1.54, 1.807) is 74.2 Å². The quantitative estimate of drug-likeness (QED) is 0.00963. The van der Waals surface area contributed by atoms with Crippen LogP contribution in [-0.4, -0.2) is 149 Å². The minimum Gasteiger partial charge on any atom is -0.471 e. The lowest BCUT2D eigenvalue weighted by Gasteiger charge is -2.19. The van der Waals surface area contributed by atoms with Crippen LogP contribution in [0.3, 0.4) is 0 Å². The molecule has 3 aliphatic heterocycles. The molecule has 0 saturated carbocycles. The number of likely N-dealkylation sites (N-methyl/N-ethyl adjacent to an activating group) is 3. The molecule has 0 radical (unpaired) electrons. The van der Waals surface area contributed by atoms with Crippen LogP contribution in [0.1, 0.15) is 96.8 Å². The van der Waals surface area contributed by atoms with Gasteiger partial charge in [0, 0.05) is 124 Å². The predicted molar refractivity (Wildman–Crippen MR) is 570 cm³/mol. The number of thiophene rings is 3. The lowest BCUT2D eigenvalue weighted by atomic mass is 10.1. The summed E-state index contributed by atoms with van der Waals surface area (Å²) >= 11 is 6.22. The molecule has 35 nitrogen and oxygen atoms in total. The topological polar surface area (TPSA) is 423 Å². The van der Waals surface area contributed by atoms with E-state index in [0.717, 1.165) is 133 Å². The van der Waals surface area contributed by atoms with Crippen molar-refractivity contribution in [3.05, 3.63) is 310 Å². The lowest BCUT2D eigenvalue weighted by Crippen LogP contribution is -2.28. The van der Waals surface area contributed by atoms with Gasteiger partial charge in [-0.2, -0.15) is 15.0 Å². The molecule has 3 amide bonds. The number of rotatable bonds is 33. The summed E-state index contributed by atoms with van der Waals surface area (Å²) in [6.45, 7) is 32.1. The van der Waals surface area contributed by atoms with Crippen LogP contribution in [0, 0.1) is 19.7 Å². The number of fused-ring (bicyclic) bond motifs is 8. The number of alkyl carbamates (subject to hydrolysis) is 3. The van der Waals surface area contributed by atoms with Gasteiger partial charge >= 0.3 is 24.2 Å². The number of nitrogens with two attached hydrogens (primary N) is 3. The first-order valence-corrected chi connectivity index (χ1v) is 48.9. The maximum Gasteiger partial charge on any atom is 0.407 e. The Kier molecular flexibility index (Phi) is 31.3. The van der Waals surface area contributed by atoms with Crippen molar-refractivity contribution in [2.24, 2.45) is 15.0 Å². The van der Waals surface area contributed by atoms with Crippen LogP contribution in [-0.2, 0) is 82.5 Å². The molecule has 0 saturated heterocycles. The van der Waals surface area contributed by atoms with Crippen LogP contribution in [0.4, 0.5) is 66.4 Å². The van der Waals surface area contributed by atoms with E-state index in [1.165, 1.54) is 22.7 Å². The largest absolute Gasteiger partial charge is 0.471 e. The van der Waals surface area contributed by atoms with Crippen LogP contribution in [0.5, 0.6) is 17.6 Å². The SMILES string of the molecule is [C-]#[N+]/C(=C\c1cc2ccc(N(C)CCOC(=O)NCc3ccc(COc4nc(N)nc5c4N=CC5)cc3)cc2s1)C(=O)OC(C)(C)C.[C-]#[N+]/C(=C\c1cc2ccc(N(C)CCOC(=O)NCc3ccc(COc4nc(N)nc5c4N=CC5)cc3)cc2s1)c1nc2ccccc2o1.[C-]#[N+]/C(=C\c1cc2ccc(N(C)CCOC(=O)NCc3ccc(COc4nc(N)nc5c4N=CC5)cc3)cc2s1)c1nc2ccccc2s1. The van der Waals surface area contributed by atoms with Gasteiger partial charge in [-0.05, 0) is 167 Å². The Bertz CT molecular complexity index is 7490. The number of oxazole rings is 1. The highest BCUT2D eigenvalue weighted by atomic mass is 32.1. The van der Waals surface area contributed by atoms with Crippen molar-refractivity contribution < 1.29 is 56.8 Å². The molecule has 16 aromatic rings. The molecule has 145 heavy (non-hydrogen) atoms. The maximum absolute atomic E-state index is 12.4. The number of hydrogen-bond donors (Lipinski definition) is 6. The molecule has 9 N–H and O–H groups in total. The summed E-state index contributed by atoms with van der Waals surface area (Å²) in [5.74, 6) is 1.25. The van der Waals surface area contributed by atoms with E-state index in [0.29, 0.717) is 129 Å². The second-order valence-corrected chi connectivity index (χ2v) is 38.5. The Labute approximate surface area is 848 Å². The number of para-hydroxylation sites is 3. The smallest absolute Gasteiger partial charge is 0.407 e. The normalized spacial score (nSPS) is 12.3. The van der Waals surface area contributed by atoms with Crippen molar-refractivity contribution in [2.75, 3.05) is 92.5 Å². The van der Waals surface area contributed by atoms with Gasteiger partial charge in [0.15, 0.2) is 5.58 Å². The number of carbonyl (C=O) groups is 4. The first-order valence-electron chi connectivity index (χ1n) is 45.7. The second-order valence-electron chi connectivity index (χ2n) is 34.2. The number of ether oxygens (including phenoxy) is 7. The highest BCUT2D eigenvalue weighted by Crippen LogP contribution is 2.41. The summed E-state index contributed by atoms with van der Waals surface area (Å²) in [4.78, 5) is 116. The molecule has 0 unspecified atom stereocenters. The van der Waals surface area contributed by atoms with Crippen LogP contribution in [0.15, 0.2) is 219 Å².